The van der Waals surface area contributed by atoms with Gasteiger partial charge in [0.05, 0.1) is 16.7 Å². The van der Waals surface area contributed by atoms with Gasteiger partial charge in [-0.1, -0.05) is 49.0 Å². The number of halogens is 2. The van der Waals surface area contributed by atoms with Crippen LogP contribution in [0, 0.1) is 5.92 Å². The maximum absolute atomic E-state index is 9.73. The molecular weight excluding hydrogens is 281 g/mol. The minimum absolute atomic E-state index is 0.135. The maximum atomic E-state index is 9.73. The van der Waals surface area contributed by atoms with E-state index in [1.807, 2.05) is 18.2 Å². The van der Waals surface area contributed by atoms with Crippen LogP contribution in [-0.2, 0) is 6.54 Å². The van der Waals surface area contributed by atoms with Gasteiger partial charge in [0.1, 0.15) is 0 Å². The van der Waals surface area contributed by atoms with Crippen molar-refractivity contribution in [3.05, 3.63) is 33.8 Å². The summed E-state index contributed by atoms with van der Waals surface area (Å²) in [5.41, 5.74) is 0.963. The summed E-state index contributed by atoms with van der Waals surface area (Å²) >= 11 is 11.9. The molecule has 4 heteroatoms. The van der Waals surface area contributed by atoms with Gasteiger partial charge in [-0.2, -0.15) is 0 Å². The number of rotatable bonds is 4. The Labute approximate surface area is 125 Å². The first kappa shape index (κ1) is 15.1. The highest BCUT2D eigenvalue weighted by molar-refractivity contribution is 6.42. The Morgan fingerprint density at radius 3 is 2.79 bits per heavy atom. The molecule has 106 valence electrons. The summed E-state index contributed by atoms with van der Waals surface area (Å²) in [5.74, 6) is 0.669. The van der Waals surface area contributed by atoms with Gasteiger partial charge in [0.25, 0.3) is 0 Å². The molecule has 19 heavy (non-hydrogen) atoms. The van der Waals surface area contributed by atoms with E-state index in [1.54, 1.807) is 0 Å². The van der Waals surface area contributed by atoms with E-state index in [2.05, 4.69) is 12.2 Å². The summed E-state index contributed by atoms with van der Waals surface area (Å²) in [6, 6.07) is 5.67. The second-order valence-corrected chi connectivity index (χ2v) is 6.56. The molecule has 0 saturated heterocycles. The summed E-state index contributed by atoms with van der Waals surface area (Å²) in [7, 11) is 0. The molecule has 1 saturated carbocycles. The predicted molar refractivity (Wildman–Crippen MR) is 80.8 cm³/mol. The summed E-state index contributed by atoms with van der Waals surface area (Å²) < 4.78 is 0. The van der Waals surface area contributed by atoms with Crippen molar-refractivity contribution in [1.29, 1.82) is 0 Å². The summed E-state index contributed by atoms with van der Waals surface area (Å²) in [6.45, 7) is 3.16. The highest BCUT2D eigenvalue weighted by atomic mass is 35.5. The van der Waals surface area contributed by atoms with E-state index in [4.69, 9.17) is 23.2 Å². The van der Waals surface area contributed by atoms with Crippen LogP contribution in [0.5, 0.6) is 0 Å². The SMILES string of the molecule is CC1CCCC(CO)(NCc2ccc(Cl)c(Cl)c2)C1. The van der Waals surface area contributed by atoms with Gasteiger partial charge in [0.2, 0.25) is 0 Å². The molecule has 1 fully saturated rings. The number of nitrogens with one attached hydrogen (secondary N) is 1. The van der Waals surface area contributed by atoms with Crippen molar-refractivity contribution >= 4 is 23.2 Å². The van der Waals surface area contributed by atoms with Crippen molar-refractivity contribution in [3.8, 4) is 0 Å². The normalized spacial score (nSPS) is 27.5. The van der Waals surface area contributed by atoms with E-state index in [-0.39, 0.29) is 12.1 Å². The molecule has 2 unspecified atom stereocenters. The Balaban J connectivity index is 2.01. The molecular formula is C15H21Cl2NO. The molecule has 1 aromatic carbocycles. The highest BCUT2D eigenvalue weighted by Gasteiger charge is 2.33. The number of hydrogen-bond donors (Lipinski definition) is 2. The largest absolute Gasteiger partial charge is 0.394 e. The predicted octanol–water partition coefficient (Wildman–Crippen LogP) is 4.02. The molecule has 0 radical (unpaired) electrons. The molecule has 1 aliphatic carbocycles. The van der Waals surface area contributed by atoms with Crippen LogP contribution in [0.15, 0.2) is 18.2 Å². The lowest BCUT2D eigenvalue weighted by molar-refractivity contribution is 0.0982. The molecule has 0 aromatic heterocycles. The first-order valence-electron chi connectivity index (χ1n) is 6.84. The van der Waals surface area contributed by atoms with E-state index in [9.17, 15) is 5.11 Å². The van der Waals surface area contributed by atoms with Crippen LogP contribution in [0.1, 0.15) is 38.2 Å². The fourth-order valence-corrected chi connectivity index (χ4v) is 3.28. The molecule has 0 bridgehead atoms. The van der Waals surface area contributed by atoms with Gasteiger partial charge < -0.3 is 10.4 Å². The van der Waals surface area contributed by atoms with Gasteiger partial charge in [-0.15, -0.1) is 0 Å². The van der Waals surface area contributed by atoms with E-state index in [0.717, 1.165) is 18.4 Å². The number of hydrogen-bond acceptors (Lipinski definition) is 2. The smallest absolute Gasteiger partial charge is 0.0613 e. The highest BCUT2D eigenvalue weighted by Crippen LogP contribution is 2.32. The Morgan fingerprint density at radius 1 is 1.37 bits per heavy atom. The summed E-state index contributed by atoms with van der Waals surface area (Å²) in [6.07, 6.45) is 4.51. The average Bonchev–Trinajstić information content (AvgIpc) is 2.40. The van der Waals surface area contributed by atoms with Crippen LogP contribution in [-0.4, -0.2) is 17.3 Å². The molecule has 0 spiro atoms. The molecule has 0 aliphatic heterocycles. The standard InChI is InChI=1S/C15H21Cl2NO/c1-11-3-2-6-15(8-11,10-19)18-9-12-4-5-13(16)14(17)7-12/h4-5,7,11,18-19H,2-3,6,8-10H2,1H3. The van der Waals surface area contributed by atoms with Crippen molar-refractivity contribution in [2.45, 2.75) is 44.7 Å². The fourth-order valence-electron chi connectivity index (χ4n) is 2.96. The van der Waals surface area contributed by atoms with Gasteiger partial charge in [-0.25, -0.2) is 0 Å². The second kappa shape index (κ2) is 6.45. The van der Waals surface area contributed by atoms with E-state index in [0.29, 0.717) is 22.5 Å². The second-order valence-electron chi connectivity index (χ2n) is 5.74. The van der Waals surface area contributed by atoms with Crippen LogP contribution >= 0.6 is 23.2 Å². The van der Waals surface area contributed by atoms with Crippen LogP contribution in [0.4, 0.5) is 0 Å². The molecule has 2 rings (SSSR count). The number of aliphatic hydroxyl groups is 1. The molecule has 2 nitrogen and oxygen atoms in total. The third-order valence-corrected chi connectivity index (χ3v) is 4.78. The monoisotopic (exact) mass is 301 g/mol. The van der Waals surface area contributed by atoms with E-state index >= 15 is 0 Å². The average molecular weight is 302 g/mol. The van der Waals surface area contributed by atoms with Crippen LogP contribution in [0.2, 0.25) is 10.0 Å². The Kier molecular flexibility index (Phi) is 5.13. The van der Waals surface area contributed by atoms with Gasteiger partial charge >= 0.3 is 0 Å². The van der Waals surface area contributed by atoms with Crippen molar-refractivity contribution in [2.75, 3.05) is 6.61 Å². The molecule has 0 heterocycles. The molecule has 1 aromatic rings. The fraction of sp³-hybridized carbons (Fsp3) is 0.600. The zero-order valence-electron chi connectivity index (χ0n) is 11.3. The quantitative estimate of drug-likeness (QED) is 0.880. The Morgan fingerprint density at radius 2 is 2.16 bits per heavy atom. The number of benzene rings is 1. The van der Waals surface area contributed by atoms with Gasteiger partial charge in [-0.05, 0) is 36.5 Å². The lowest BCUT2D eigenvalue weighted by Crippen LogP contribution is -2.51. The van der Waals surface area contributed by atoms with Crippen molar-refractivity contribution in [3.63, 3.8) is 0 Å². The van der Waals surface area contributed by atoms with Gasteiger partial charge in [0, 0.05) is 12.1 Å². The van der Waals surface area contributed by atoms with Crippen molar-refractivity contribution in [2.24, 2.45) is 5.92 Å². The van der Waals surface area contributed by atoms with Crippen LogP contribution < -0.4 is 5.32 Å². The lowest BCUT2D eigenvalue weighted by atomic mass is 9.77. The van der Waals surface area contributed by atoms with Crippen LogP contribution in [0.3, 0.4) is 0 Å². The minimum atomic E-state index is -0.135. The first-order valence-corrected chi connectivity index (χ1v) is 7.60. The summed E-state index contributed by atoms with van der Waals surface area (Å²) in [5, 5.41) is 14.4. The van der Waals surface area contributed by atoms with Gasteiger partial charge in [-0.3, -0.25) is 0 Å². The molecule has 1 aliphatic rings. The maximum Gasteiger partial charge on any atom is 0.0613 e. The molecule has 2 atom stereocenters. The van der Waals surface area contributed by atoms with Crippen molar-refractivity contribution < 1.29 is 5.11 Å². The zero-order valence-corrected chi connectivity index (χ0v) is 12.8. The zero-order chi connectivity index (χ0) is 13.9. The Hall–Kier alpha value is -0.280. The van der Waals surface area contributed by atoms with E-state index in [1.165, 1.54) is 12.8 Å². The topological polar surface area (TPSA) is 32.3 Å². The third-order valence-electron chi connectivity index (χ3n) is 4.05. The van der Waals surface area contributed by atoms with Gasteiger partial charge in [0.15, 0.2) is 0 Å². The van der Waals surface area contributed by atoms with Crippen LogP contribution in [0.25, 0.3) is 0 Å². The number of aliphatic hydroxyl groups excluding tert-OH is 1. The molecule has 2 N–H and O–H groups in total. The van der Waals surface area contributed by atoms with Crippen molar-refractivity contribution in [1.82, 2.24) is 5.32 Å². The Bertz CT molecular complexity index is 438. The van der Waals surface area contributed by atoms with E-state index < -0.39 is 0 Å². The lowest BCUT2D eigenvalue weighted by Gasteiger charge is -2.39. The minimum Gasteiger partial charge on any atom is -0.394 e. The first-order chi connectivity index (χ1) is 9.04. The summed E-state index contributed by atoms with van der Waals surface area (Å²) in [4.78, 5) is 0. The third kappa shape index (κ3) is 3.85. The molecule has 0 amide bonds.